The van der Waals surface area contributed by atoms with Crippen LogP contribution < -0.4 is 11.1 Å². The molecule has 2 heterocycles. The van der Waals surface area contributed by atoms with Crippen molar-refractivity contribution in [2.45, 2.75) is 0 Å². The number of benzene rings is 2. The molecule has 0 saturated heterocycles. The van der Waals surface area contributed by atoms with Crippen LogP contribution in [0.2, 0.25) is 0 Å². The van der Waals surface area contributed by atoms with Crippen molar-refractivity contribution < 1.29 is 9.21 Å². The second kappa shape index (κ2) is 4.59. The van der Waals surface area contributed by atoms with Crippen LogP contribution in [0.5, 0.6) is 0 Å². The van der Waals surface area contributed by atoms with Crippen molar-refractivity contribution in [3.8, 4) is 0 Å². The largest absolute Gasteiger partial charge is 0.417 e. The predicted molar refractivity (Wildman–Crippen MR) is 80.9 cm³/mol. The van der Waals surface area contributed by atoms with E-state index in [0.29, 0.717) is 22.4 Å². The summed E-state index contributed by atoms with van der Waals surface area (Å²) >= 11 is 0. The van der Waals surface area contributed by atoms with Crippen molar-refractivity contribution in [3.63, 3.8) is 0 Å². The molecule has 7 heteroatoms. The Hall–Kier alpha value is -3.35. The molecule has 0 aliphatic heterocycles. The zero-order chi connectivity index (χ0) is 15.1. The van der Waals surface area contributed by atoms with Gasteiger partial charge in [0.05, 0.1) is 22.9 Å². The number of nitrogens with zero attached hydrogens (tertiary/aromatic N) is 1. The second-order valence-electron chi connectivity index (χ2n) is 4.81. The van der Waals surface area contributed by atoms with Gasteiger partial charge < -0.3 is 14.7 Å². The summed E-state index contributed by atoms with van der Waals surface area (Å²) in [5, 5.41) is 2.78. The topological polar surface area (TPSA) is 104 Å². The van der Waals surface area contributed by atoms with E-state index in [1.54, 1.807) is 42.7 Å². The smallest absolute Gasteiger partial charge is 0.408 e. The summed E-state index contributed by atoms with van der Waals surface area (Å²) in [5.41, 5.74) is 3.65. The van der Waals surface area contributed by atoms with Gasteiger partial charge in [-0.15, -0.1) is 0 Å². The number of aromatic nitrogens is 3. The Labute approximate surface area is 123 Å². The van der Waals surface area contributed by atoms with E-state index in [9.17, 15) is 9.59 Å². The Morgan fingerprint density at radius 1 is 1.14 bits per heavy atom. The minimum Gasteiger partial charge on any atom is -0.408 e. The molecule has 0 unspecified atom stereocenters. The minimum absolute atomic E-state index is 0.248. The van der Waals surface area contributed by atoms with Crippen molar-refractivity contribution in [2.24, 2.45) is 0 Å². The standard InChI is InChI=1S/C15H10N4O3/c20-14(8-1-3-10-11(5-8)17-7-16-10)18-9-2-4-13-12(6-9)19-15(21)22-13/h1-7H,(H,16,17)(H,18,20)(H,19,21). The Bertz CT molecular complexity index is 1060. The number of H-pyrrole nitrogens is 2. The number of fused-ring (bicyclic) bond motifs is 2. The number of aromatic amines is 2. The average molecular weight is 294 g/mol. The van der Waals surface area contributed by atoms with Gasteiger partial charge in [0.2, 0.25) is 0 Å². The van der Waals surface area contributed by atoms with Gasteiger partial charge >= 0.3 is 5.76 Å². The molecule has 0 aliphatic rings. The van der Waals surface area contributed by atoms with Crippen molar-refractivity contribution >= 4 is 33.7 Å². The third-order valence-electron chi connectivity index (χ3n) is 3.36. The van der Waals surface area contributed by atoms with Crippen LogP contribution >= 0.6 is 0 Å². The van der Waals surface area contributed by atoms with E-state index in [2.05, 4.69) is 20.3 Å². The van der Waals surface area contributed by atoms with Crippen LogP contribution in [0, 0.1) is 0 Å². The van der Waals surface area contributed by atoms with E-state index in [-0.39, 0.29) is 5.91 Å². The van der Waals surface area contributed by atoms with E-state index in [1.807, 2.05) is 0 Å². The summed E-state index contributed by atoms with van der Waals surface area (Å²) in [6.45, 7) is 0. The van der Waals surface area contributed by atoms with Crippen LogP contribution in [-0.4, -0.2) is 20.9 Å². The molecule has 2 aromatic heterocycles. The Balaban J connectivity index is 1.65. The molecule has 1 amide bonds. The molecule has 108 valence electrons. The lowest BCUT2D eigenvalue weighted by Gasteiger charge is -2.05. The zero-order valence-electron chi connectivity index (χ0n) is 11.2. The molecular weight excluding hydrogens is 284 g/mol. The summed E-state index contributed by atoms with van der Waals surface area (Å²) in [4.78, 5) is 33.0. The van der Waals surface area contributed by atoms with Crippen LogP contribution in [0.15, 0.2) is 51.9 Å². The number of imidazole rings is 1. The molecule has 3 N–H and O–H groups in total. The van der Waals surface area contributed by atoms with Gasteiger partial charge in [-0.3, -0.25) is 9.78 Å². The zero-order valence-corrected chi connectivity index (χ0v) is 11.2. The molecule has 0 saturated carbocycles. The molecule has 0 bridgehead atoms. The highest BCUT2D eigenvalue weighted by Gasteiger charge is 2.09. The summed E-state index contributed by atoms with van der Waals surface area (Å²) in [6, 6.07) is 10.2. The third kappa shape index (κ3) is 2.05. The number of rotatable bonds is 2. The summed E-state index contributed by atoms with van der Waals surface area (Å²) in [7, 11) is 0. The van der Waals surface area contributed by atoms with Crippen molar-refractivity contribution in [3.05, 3.63) is 58.8 Å². The number of amides is 1. The normalized spacial score (nSPS) is 11.1. The maximum absolute atomic E-state index is 12.3. The van der Waals surface area contributed by atoms with Gasteiger partial charge in [0.25, 0.3) is 5.91 Å². The highest BCUT2D eigenvalue weighted by Crippen LogP contribution is 2.18. The van der Waals surface area contributed by atoms with Crippen LogP contribution in [0.25, 0.3) is 22.1 Å². The van der Waals surface area contributed by atoms with E-state index in [4.69, 9.17) is 4.42 Å². The Morgan fingerprint density at radius 2 is 2.05 bits per heavy atom. The lowest BCUT2D eigenvalue weighted by Crippen LogP contribution is -2.11. The number of carbonyl (C=O) groups excluding carboxylic acids is 1. The number of oxazole rings is 1. The van der Waals surface area contributed by atoms with Crippen molar-refractivity contribution in [1.82, 2.24) is 15.0 Å². The number of anilines is 1. The van der Waals surface area contributed by atoms with Crippen molar-refractivity contribution in [2.75, 3.05) is 5.32 Å². The van der Waals surface area contributed by atoms with Crippen LogP contribution in [0.3, 0.4) is 0 Å². The molecule has 0 spiro atoms. The highest BCUT2D eigenvalue weighted by molar-refractivity contribution is 6.06. The van der Waals surface area contributed by atoms with Gasteiger partial charge in [-0.05, 0) is 36.4 Å². The lowest BCUT2D eigenvalue weighted by molar-refractivity contribution is 0.102. The van der Waals surface area contributed by atoms with Crippen LogP contribution in [0.1, 0.15) is 10.4 Å². The van der Waals surface area contributed by atoms with Gasteiger partial charge in [-0.25, -0.2) is 9.78 Å². The second-order valence-corrected chi connectivity index (χ2v) is 4.81. The first kappa shape index (κ1) is 12.4. The Morgan fingerprint density at radius 3 is 2.95 bits per heavy atom. The van der Waals surface area contributed by atoms with E-state index in [0.717, 1.165) is 11.0 Å². The van der Waals surface area contributed by atoms with E-state index < -0.39 is 5.76 Å². The Kier molecular flexibility index (Phi) is 2.59. The highest BCUT2D eigenvalue weighted by atomic mass is 16.4. The molecule has 4 rings (SSSR count). The summed E-state index contributed by atoms with van der Waals surface area (Å²) < 4.78 is 4.92. The number of hydrogen-bond donors (Lipinski definition) is 3. The van der Waals surface area contributed by atoms with E-state index >= 15 is 0 Å². The van der Waals surface area contributed by atoms with Gasteiger partial charge in [-0.1, -0.05) is 0 Å². The molecule has 7 nitrogen and oxygen atoms in total. The third-order valence-corrected chi connectivity index (χ3v) is 3.36. The van der Waals surface area contributed by atoms with Gasteiger partial charge in [-0.2, -0.15) is 0 Å². The molecule has 0 aliphatic carbocycles. The molecule has 0 radical (unpaired) electrons. The van der Waals surface area contributed by atoms with E-state index in [1.165, 1.54) is 0 Å². The maximum Gasteiger partial charge on any atom is 0.417 e. The molecular formula is C15H10N4O3. The molecule has 0 fully saturated rings. The number of nitrogens with one attached hydrogen (secondary N) is 3. The minimum atomic E-state index is -0.525. The SMILES string of the molecule is O=C(Nc1ccc2oc(=O)[nH]c2c1)c1ccc2nc[nH]c2c1. The first-order valence-corrected chi connectivity index (χ1v) is 6.56. The van der Waals surface area contributed by atoms with Gasteiger partial charge in [0, 0.05) is 11.3 Å². The first-order valence-electron chi connectivity index (χ1n) is 6.56. The van der Waals surface area contributed by atoms with Gasteiger partial charge in [0.1, 0.15) is 0 Å². The van der Waals surface area contributed by atoms with Crippen LogP contribution in [-0.2, 0) is 0 Å². The monoisotopic (exact) mass is 294 g/mol. The fraction of sp³-hybridized carbons (Fsp3) is 0. The fourth-order valence-electron chi connectivity index (χ4n) is 2.31. The van der Waals surface area contributed by atoms with Crippen molar-refractivity contribution in [1.29, 1.82) is 0 Å². The first-order chi connectivity index (χ1) is 10.7. The predicted octanol–water partition coefficient (Wildman–Crippen LogP) is 2.25. The quantitative estimate of drug-likeness (QED) is 0.527. The molecule has 22 heavy (non-hydrogen) atoms. The fourth-order valence-corrected chi connectivity index (χ4v) is 2.31. The summed E-state index contributed by atoms with van der Waals surface area (Å²) in [5.74, 6) is -0.773. The molecule has 4 aromatic rings. The van der Waals surface area contributed by atoms with Gasteiger partial charge in [0.15, 0.2) is 5.58 Å². The molecule has 0 atom stereocenters. The molecule has 2 aromatic carbocycles. The number of hydrogen-bond acceptors (Lipinski definition) is 4. The summed E-state index contributed by atoms with van der Waals surface area (Å²) in [6.07, 6.45) is 1.58. The van der Waals surface area contributed by atoms with Crippen LogP contribution in [0.4, 0.5) is 5.69 Å². The maximum atomic E-state index is 12.3. The lowest BCUT2D eigenvalue weighted by atomic mass is 10.2. The average Bonchev–Trinajstić information content (AvgIpc) is 3.10. The number of carbonyl (C=O) groups is 1.